The summed E-state index contributed by atoms with van der Waals surface area (Å²) in [6, 6.07) is 2.64. The van der Waals surface area contributed by atoms with Gasteiger partial charge in [-0.3, -0.25) is 0 Å². The molecule has 2 nitrogen and oxygen atoms in total. The Morgan fingerprint density at radius 3 is 2.71 bits per heavy atom. The first kappa shape index (κ1) is 14.5. The fraction of sp³-hybridized carbons (Fsp3) is 0.500. The predicted octanol–water partition coefficient (Wildman–Crippen LogP) is 2.77. The molecule has 1 N–H and O–H groups in total. The number of halogens is 3. The van der Waals surface area contributed by atoms with Crippen LogP contribution in [0.1, 0.15) is 12.5 Å². The average molecular weight is 307 g/mol. The lowest BCUT2D eigenvalue weighted by Crippen LogP contribution is -2.29. The van der Waals surface area contributed by atoms with E-state index in [-0.39, 0.29) is 12.1 Å². The summed E-state index contributed by atoms with van der Waals surface area (Å²) in [5, 5.41) is 3.03. The Hall–Kier alpha value is -0.520. The molecule has 0 aliphatic carbocycles. The number of nitrogens with one attached hydrogen (secondary N) is 1. The highest BCUT2D eigenvalue weighted by Crippen LogP contribution is 2.21. The van der Waals surface area contributed by atoms with E-state index in [2.05, 4.69) is 33.1 Å². The molecule has 0 aliphatic heterocycles. The van der Waals surface area contributed by atoms with Gasteiger partial charge in [0, 0.05) is 25.2 Å². The first-order chi connectivity index (χ1) is 8.06. The smallest absolute Gasteiger partial charge is 0.144 e. The van der Waals surface area contributed by atoms with Crippen molar-refractivity contribution in [2.24, 2.45) is 0 Å². The second-order valence-corrected chi connectivity index (χ2v) is 4.75. The van der Waals surface area contributed by atoms with Crippen molar-refractivity contribution >= 4 is 15.9 Å². The molecule has 1 aromatic carbocycles. The lowest BCUT2D eigenvalue weighted by atomic mass is 10.2. The quantitative estimate of drug-likeness (QED) is 0.642. The van der Waals surface area contributed by atoms with Crippen LogP contribution in [0, 0.1) is 11.6 Å². The molecule has 0 fully saturated rings. The van der Waals surface area contributed by atoms with E-state index in [0.717, 1.165) is 13.1 Å². The van der Waals surface area contributed by atoms with Gasteiger partial charge >= 0.3 is 0 Å². The largest absolute Gasteiger partial charge is 0.311 e. The van der Waals surface area contributed by atoms with Crippen LogP contribution in [0.5, 0.6) is 0 Å². The van der Waals surface area contributed by atoms with Crippen molar-refractivity contribution in [2.75, 3.05) is 26.7 Å². The van der Waals surface area contributed by atoms with Crippen LogP contribution in [-0.2, 0) is 6.54 Å². The fourth-order valence-corrected chi connectivity index (χ4v) is 1.74. The summed E-state index contributed by atoms with van der Waals surface area (Å²) in [5.41, 5.74) is 0.0820. The molecule has 0 radical (unpaired) electrons. The topological polar surface area (TPSA) is 15.3 Å². The summed E-state index contributed by atoms with van der Waals surface area (Å²) in [4.78, 5) is 2.13. The number of rotatable bonds is 6. The van der Waals surface area contributed by atoms with Crippen molar-refractivity contribution in [2.45, 2.75) is 13.5 Å². The molecular formula is C12H17BrF2N2. The molecule has 0 saturated heterocycles. The maximum absolute atomic E-state index is 13.6. The van der Waals surface area contributed by atoms with E-state index in [0.29, 0.717) is 11.0 Å². The molecule has 1 rings (SSSR count). The highest BCUT2D eigenvalue weighted by molar-refractivity contribution is 9.10. The molecule has 0 unspecified atom stereocenters. The molecule has 0 heterocycles. The maximum Gasteiger partial charge on any atom is 0.144 e. The maximum atomic E-state index is 13.6. The average Bonchev–Trinajstić information content (AvgIpc) is 2.32. The number of hydrogen-bond donors (Lipinski definition) is 1. The molecule has 5 heteroatoms. The van der Waals surface area contributed by atoms with Gasteiger partial charge in [-0.05, 0) is 41.7 Å². The van der Waals surface area contributed by atoms with Gasteiger partial charge < -0.3 is 10.2 Å². The van der Waals surface area contributed by atoms with Crippen LogP contribution >= 0.6 is 15.9 Å². The minimum atomic E-state index is -0.527. The second kappa shape index (κ2) is 7.03. The van der Waals surface area contributed by atoms with Crippen LogP contribution in [0.4, 0.5) is 8.78 Å². The van der Waals surface area contributed by atoms with Crippen LogP contribution in [0.2, 0.25) is 0 Å². The Morgan fingerprint density at radius 1 is 1.35 bits per heavy atom. The molecule has 0 atom stereocenters. The minimum Gasteiger partial charge on any atom is -0.311 e. The van der Waals surface area contributed by atoms with E-state index in [1.807, 2.05) is 7.05 Å². The molecule has 17 heavy (non-hydrogen) atoms. The highest BCUT2D eigenvalue weighted by Gasteiger charge is 2.11. The number of likely N-dealkylation sites (N-methyl/N-ethyl adjacent to an activating group) is 1. The van der Waals surface area contributed by atoms with Gasteiger partial charge in [-0.1, -0.05) is 6.92 Å². The lowest BCUT2D eigenvalue weighted by Gasteiger charge is -2.14. The number of hydrogen-bond acceptors (Lipinski definition) is 2. The molecule has 1 aromatic rings. The Morgan fingerprint density at radius 2 is 2.06 bits per heavy atom. The molecule has 96 valence electrons. The van der Waals surface area contributed by atoms with Crippen LogP contribution < -0.4 is 5.32 Å². The van der Waals surface area contributed by atoms with Crippen molar-refractivity contribution in [1.82, 2.24) is 10.2 Å². The number of nitrogens with zero attached hydrogens (tertiary/aromatic N) is 1. The normalized spacial score (nSPS) is 11.2. The van der Waals surface area contributed by atoms with Gasteiger partial charge in [0.05, 0.1) is 4.47 Å². The predicted molar refractivity (Wildman–Crippen MR) is 68.9 cm³/mol. The third-order valence-electron chi connectivity index (χ3n) is 2.65. The standard InChI is InChI=1S/C12H17BrF2N2/c1-3-17(2)7-6-16-8-9-11(14)5-4-10(13)12(9)15/h4-5,16H,3,6-8H2,1-2H3. The van der Waals surface area contributed by atoms with E-state index in [1.165, 1.54) is 12.1 Å². The van der Waals surface area contributed by atoms with E-state index in [9.17, 15) is 8.78 Å². The first-order valence-corrected chi connectivity index (χ1v) is 6.37. The van der Waals surface area contributed by atoms with E-state index >= 15 is 0 Å². The second-order valence-electron chi connectivity index (χ2n) is 3.89. The van der Waals surface area contributed by atoms with E-state index in [1.54, 1.807) is 0 Å². The van der Waals surface area contributed by atoms with Crippen LogP contribution in [0.3, 0.4) is 0 Å². The molecule has 0 amide bonds. The van der Waals surface area contributed by atoms with Crippen molar-refractivity contribution in [3.8, 4) is 0 Å². The zero-order chi connectivity index (χ0) is 12.8. The lowest BCUT2D eigenvalue weighted by molar-refractivity contribution is 0.347. The highest BCUT2D eigenvalue weighted by atomic mass is 79.9. The summed E-state index contributed by atoms with van der Waals surface area (Å²) >= 11 is 3.05. The van der Waals surface area contributed by atoms with Crippen LogP contribution in [0.15, 0.2) is 16.6 Å². The summed E-state index contributed by atoms with van der Waals surface area (Å²) in [7, 11) is 2.00. The molecule has 0 aliphatic rings. The van der Waals surface area contributed by atoms with Gasteiger partial charge in [0.15, 0.2) is 0 Å². The van der Waals surface area contributed by atoms with Gasteiger partial charge in [-0.15, -0.1) is 0 Å². The molecule has 0 spiro atoms. The zero-order valence-corrected chi connectivity index (χ0v) is 11.7. The van der Waals surface area contributed by atoms with Crippen LogP contribution in [-0.4, -0.2) is 31.6 Å². The zero-order valence-electron chi connectivity index (χ0n) is 10.1. The Labute approximate surface area is 109 Å². The third-order valence-corrected chi connectivity index (χ3v) is 3.26. The Kier molecular flexibility index (Phi) is 6.02. The van der Waals surface area contributed by atoms with Crippen molar-refractivity contribution in [1.29, 1.82) is 0 Å². The summed E-state index contributed by atoms with van der Waals surface area (Å²) < 4.78 is 27.2. The fourth-order valence-electron chi connectivity index (χ4n) is 1.37. The minimum absolute atomic E-state index is 0.0820. The van der Waals surface area contributed by atoms with Gasteiger partial charge in [-0.2, -0.15) is 0 Å². The van der Waals surface area contributed by atoms with Gasteiger partial charge in [0.2, 0.25) is 0 Å². The molecule has 0 aromatic heterocycles. The molecule has 0 bridgehead atoms. The van der Waals surface area contributed by atoms with E-state index < -0.39 is 11.6 Å². The monoisotopic (exact) mass is 306 g/mol. The van der Waals surface area contributed by atoms with Gasteiger partial charge in [-0.25, -0.2) is 8.78 Å². The Bertz CT molecular complexity index is 372. The molecular weight excluding hydrogens is 290 g/mol. The van der Waals surface area contributed by atoms with Gasteiger partial charge in [0.1, 0.15) is 11.6 Å². The first-order valence-electron chi connectivity index (χ1n) is 5.58. The van der Waals surface area contributed by atoms with Crippen molar-refractivity contribution in [3.63, 3.8) is 0 Å². The SMILES string of the molecule is CCN(C)CCNCc1c(F)ccc(Br)c1F. The Balaban J connectivity index is 2.49. The summed E-state index contributed by atoms with van der Waals surface area (Å²) in [6.45, 7) is 4.78. The van der Waals surface area contributed by atoms with Gasteiger partial charge in [0.25, 0.3) is 0 Å². The summed E-state index contributed by atoms with van der Waals surface area (Å²) in [5.74, 6) is -1.04. The third kappa shape index (κ3) is 4.33. The summed E-state index contributed by atoms with van der Waals surface area (Å²) in [6.07, 6.45) is 0. The molecule has 0 saturated carbocycles. The number of benzene rings is 1. The van der Waals surface area contributed by atoms with Crippen molar-refractivity contribution in [3.05, 3.63) is 33.8 Å². The van der Waals surface area contributed by atoms with Crippen LogP contribution in [0.25, 0.3) is 0 Å². The van der Waals surface area contributed by atoms with E-state index in [4.69, 9.17) is 0 Å². The van der Waals surface area contributed by atoms with Crippen molar-refractivity contribution < 1.29 is 8.78 Å².